The van der Waals surface area contributed by atoms with Crippen LogP contribution >= 0.6 is 11.6 Å². The number of carbonyl (C=O) groups is 1. The number of aromatic amines is 1. The van der Waals surface area contributed by atoms with Crippen molar-refractivity contribution in [1.29, 1.82) is 0 Å². The minimum absolute atomic E-state index is 0.0421. The highest BCUT2D eigenvalue weighted by atomic mass is 35.5. The van der Waals surface area contributed by atoms with Gasteiger partial charge in [-0.2, -0.15) is 5.10 Å². The average Bonchev–Trinajstić information content (AvgIpc) is 2.56. The van der Waals surface area contributed by atoms with Crippen LogP contribution in [0.1, 0.15) is 31.2 Å². The predicted octanol–water partition coefficient (Wildman–Crippen LogP) is 1.90. The molecule has 4 nitrogen and oxygen atoms in total. The summed E-state index contributed by atoms with van der Waals surface area (Å²) in [7, 11) is 0. The van der Waals surface area contributed by atoms with Gasteiger partial charge in [-0.1, -0.05) is 25.4 Å². The second kappa shape index (κ2) is 5.00. The van der Waals surface area contributed by atoms with Crippen molar-refractivity contribution < 1.29 is 9.53 Å². The largest absolute Gasteiger partial charge is 0.467 e. The molecule has 1 aromatic rings. The Morgan fingerprint density at radius 1 is 1.71 bits per heavy atom. The van der Waals surface area contributed by atoms with E-state index >= 15 is 0 Å². The lowest BCUT2D eigenvalue weighted by Crippen LogP contribution is -2.04. The molecule has 0 aliphatic rings. The van der Waals surface area contributed by atoms with E-state index in [4.69, 9.17) is 11.6 Å². The first-order valence-corrected chi connectivity index (χ1v) is 4.86. The fraction of sp³-hybridized carbons (Fsp3) is 0.556. The van der Waals surface area contributed by atoms with Crippen LogP contribution in [0, 0.1) is 0 Å². The monoisotopic (exact) mass is 216 g/mol. The van der Waals surface area contributed by atoms with Gasteiger partial charge in [0.05, 0.1) is 23.0 Å². The molecular formula is C9H13ClN2O2. The fourth-order valence-electron chi connectivity index (χ4n) is 1.21. The number of aryl methyl sites for hydroxylation is 1. The first kappa shape index (κ1) is 11.0. The van der Waals surface area contributed by atoms with Crippen LogP contribution in [0.2, 0.25) is 5.02 Å². The van der Waals surface area contributed by atoms with E-state index in [2.05, 4.69) is 14.9 Å². The predicted molar refractivity (Wildman–Crippen MR) is 53.4 cm³/mol. The Bertz CT molecular complexity index is 312. The highest BCUT2D eigenvalue weighted by Gasteiger charge is 2.15. The zero-order valence-corrected chi connectivity index (χ0v) is 8.97. The molecule has 0 aromatic carbocycles. The van der Waals surface area contributed by atoms with Crippen LogP contribution in [0.25, 0.3) is 0 Å². The molecule has 0 aliphatic heterocycles. The maximum absolute atomic E-state index is 10.0. The summed E-state index contributed by atoms with van der Waals surface area (Å²) in [5.41, 5.74) is 1.67. The lowest BCUT2D eigenvalue weighted by Gasteiger charge is -2.07. The van der Waals surface area contributed by atoms with Crippen molar-refractivity contribution in [1.82, 2.24) is 10.2 Å². The van der Waals surface area contributed by atoms with Crippen LogP contribution < -0.4 is 0 Å². The summed E-state index contributed by atoms with van der Waals surface area (Å²) < 4.78 is 4.66. The molecule has 0 aliphatic carbocycles. The number of nitrogens with one attached hydrogen (secondary N) is 1. The molecule has 0 saturated carbocycles. The maximum Gasteiger partial charge on any atom is 0.293 e. The minimum Gasteiger partial charge on any atom is -0.467 e. The van der Waals surface area contributed by atoms with Crippen LogP contribution in [0.5, 0.6) is 0 Å². The first-order valence-electron chi connectivity index (χ1n) is 4.48. The quantitative estimate of drug-likeness (QED) is 0.765. The standard InChI is InChI=1S/C9H13ClN2O2/c1-3-7-8(10)9(12-11-7)6(2)4-14-5-13/h5-6H,3-4H2,1-2H3,(H,11,12). The number of nitrogens with zero attached hydrogens (tertiary/aromatic N) is 1. The Morgan fingerprint density at radius 3 is 2.93 bits per heavy atom. The van der Waals surface area contributed by atoms with Gasteiger partial charge in [0, 0.05) is 5.92 Å². The summed E-state index contributed by atoms with van der Waals surface area (Å²) in [6, 6.07) is 0. The van der Waals surface area contributed by atoms with Gasteiger partial charge < -0.3 is 4.74 Å². The van der Waals surface area contributed by atoms with Gasteiger partial charge in [0.2, 0.25) is 0 Å². The van der Waals surface area contributed by atoms with E-state index in [1.165, 1.54) is 0 Å². The highest BCUT2D eigenvalue weighted by molar-refractivity contribution is 6.31. The van der Waals surface area contributed by atoms with Crippen molar-refractivity contribution in [3.05, 3.63) is 16.4 Å². The van der Waals surface area contributed by atoms with E-state index in [0.717, 1.165) is 17.8 Å². The number of aromatic nitrogens is 2. The molecule has 14 heavy (non-hydrogen) atoms. The van der Waals surface area contributed by atoms with Crippen molar-refractivity contribution in [2.75, 3.05) is 6.61 Å². The molecule has 0 spiro atoms. The first-order chi connectivity index (χ1) is 6.70. The smallest absolute Gasteiger partial charge is 0.293 e. The molecule has 0 fully saturated rings. The van der Waals surface area contributed by atoms with Gasteiger partial charge in [0.1, 0.15) is 0 Å². The van der Waals surface area contributed by atoms with Gasteiger partial charge in [-0.3, -0.25) is 9.89 Å². The van der Waals surface area contributed by atoms with Crippen molar-refractivity contribution in [3.63, 3.8) is 0 Å². The van der Waals surface area contributed by atoms with E-state index in [-0.39, 0.29) is 5.92 Å². The Kier molecular flexibility index (Phi) is 3.95. The second-order valence-corrected chi connectivity index (χ2v) is 3.46. The molecule has 1 aromatic heterocycles. The highest BCUT2D eigenvalue weighted by Crippen LogP contribution is 2.25. The minimum atomic E-state index is 0.0421. The van der Waals surface area contributed by atoms with Crippen molar-refractivity contribution in [2.24, 2.45) is 0 Å². The fourth-order valence-corrected chi connectivity index (χ4v) is 1.61. The van der Waals surface area contributed by atoms with Crippen molar-refractivity contribution >= 4 is 18.1 Å². The van der Waals surface area contributed by atoms with Crippen LogP contribution in [0.15, 0.2) is 0 Å². The topological polar surface area (TPSA) is 55.0 Å². The summed E-state index contributed by atoms with van der Waals surface area (Å²) in [6.07, 6.45) is 0.788. The molecule has 0 bridgehead atoms. The van der Waals surface area contributed by atoms with E-state index in [9.17, 15) is 4.79 Å². The zero-order valence-electron chi connectivity index (χ0n) is 8.21. The molecule has 1 rings (SSSR count). The third-order valence-electron chi connectivity index (χ3n) is 2.04. The Balaban J connectivity index is 2.74. The molecule has 0 radical (unpaired) electrons. The number of rotatable bonds is 5. The number of halogens is 1. The molecule has 1 atom stereocenters. The number of H-pyrrole nitrogens is 1. The molecule has 0 amide bonds. The molecular weight excluding hydrogens is 204 g/mol. The van der Waals surface area contributed by atoms with Gasteiger partial charge in [-0.25, -0.2) is 0 Å². The summed E-state index contributed by atoms with van der Waals surface area (Å²) in [5, 5.41) is 7.57. The normalized spacial score (nSPS) is 12.5. The number of carbonyl (C=O) groups excluding carboxylic acids is 1. The van der Waals surface area contributed by atoms with Crippen LogP contribution in [-0.2, 0) is 16.0 Å². The zero-order chi connectivity index (χ0) is 10.6. The SMILES string of the molecule is CCc1n[nH]c(C(C)COC=O)c1Cl. The van der Waals surface area contributed by atoms with E-state index in [1.54, 1.807) is 0 Å². The van der Waals surface area contributed by atoms with Gasteiger partial charge >= 0.3 is 0 Å². The maximum atomic E-state index is 10.0. The third-order valence-corrected chi connectivity index (χ3v) is 2.46. The number of ether oxygens (including phenoxy) is 1. The third kappa shape index (κ3) is 2.26. The molecule has 1 unspecified atom stereocenters. The Morgan fingerprint density at radius 2 is 2.43 bits per heavy atom. The summed E-state index contributed by atoms with van der Waals surface area (Å²) in [6.45, 7) is 4.65. The van der Waals surface area contributed by atoms with Crippen molar-refractivity contribution in [3.8, 4) is 0 Å². The van der Waals surface area contributed by atoms with Crippen LogP contribution in [0.3, 0.4) is 0 Å². The van der Waals surface area contributed by atoms with Gasteiger partial charge in [-0.05, 0) is 6.42 Å². The lowest BCUT2D eigenvalue weighted by molar-refractivity contribution is -0.129. The Hall–Kier alpha value is -1.03. The van der Waals surface area contributed by atoms with Crippen molar-refractivity contribution in [2.45, 2.75) is 26.2 Å². The van der Waals surface area contributed by atoms with Crippen LogP contribution in [-0.4, -0.2) is 23.3 Å². The summed E-state index contributed by atoms with van der Waals surface area (Å²) in [5.74, 6) is 0.0421. The lowest BCUT2D eigenvalue weighted by atomic mass is 10.1. The molecule has 5 heteroatoms. The number of hydrogen-bond donors (Lipinski definition) is 1. The number of hydrogen-bond acceptors (Lipinski definition) is 3. The van der Waals surface area contributed by atoms with Gasteiger partial charge in [-0.15, -0.1) is 0 Å². The van der Waals surface area contributed by atoms with E-state index < -0.39 is 0 Å². The van der Waals surface area contributed by atoms with E-state index in [1.807, 2.05) is 13.8 Å². The molecule has 1 N–H and O–H groups in total. The Labute approximate surface area is 87.6 Å². The van der Waals surface area contributed by atoms with Gasteiger partial charge in [0.15, 0.2) is 0 Å². The second-order valence-electron chi connectivity index (χ2n) is 3.08. The molecule has 1 heterocycles. The average molecular weight is 217 g/mol. The van der Waals surface area contributed by atoms with E-state index in [0.29, 0.717) is 18.1 Å². The van der Waals surface area contributed by atoms with Crippen LogP contribution in [0.4, 0.5) is 0 Å². The summed E-state index contributed by atoms with van der Waals surface area (Å²) in [4.78, 5) is 10.0. The van der Waals surface area contributed by atoms with Gasteiger partial charge in [0.25, 0.3) is 6.47 Å². The molecule has 0 saturated heterocycles. The molecule has 78 valence electrons. The summed E-state index contributed by atoms with van der Waals surface area (Å²) >= 11 is 6.06.